The molecule has 0 aliphatic carbocycles. The average molecular weight is 565 g/mol. The lowest BCUT2D eigenvalue weighted by atomic mass is 9.83. The minimum atomic E-state index is -0.730. The van der Waals surface area contributed by atoms with Crippen LogP contribution in [0.25, 0.3) is 22.9 Å². The van der Waals surface area contributed by atoms with Gasteiger partial charge in [0, 0.05) is 16.7 Å². The van der Waals surface area contributed by atoms with Gasteiger partial charge in [-0.25, -0.2) is 9.59 Å². The van der Waals surface area contributed by atoms with E-state index in [1.807, 2.05) is 54.6 Å². The highest BCUT2D eigenvalue weighted by molar-refractivity contribution is 8.29. The van der Waals surface area contributed by atoms with E-state index in [0.717, 1.165) is 43.0 Å². The SMILES string of the molecule is COC(=O)C1=C(C(=O)OC)SC(=Cc2ccc3c4c(ccc3c2)OC(c2ccccc2)(c2ccccc2)C=C4)S1. The number of carbonyl (C=O) groups excluding carboxylic acids is 2. The molecule has 4 aromatic rings. The van der Waals surface area contributed by atoms with E-state index in [2.05, 4.69) is 54.6 Å². The molecule has 2 heterocycles. The van der Waals surface area contributed by atoms with E-state index in [-0.39, 0.29) is 9.81 Å². The van der Waals surface area contributed by atoms with Gasteiger partial charge in [0.05, 0.1) is 18.5 Å². The third kappa shape index (κ3) is 4.61. The van der Waals surface area contributed by atoms with Crippen molar-refractivity contribution in [3.05, 3.63) is 133 Å². The van der Waals surface area contributed by atoms with Gasteiger partial charge in [0.15, 0.2) is 5.60 Å². The van der Waals surface area contributed by atoms with Crippen LogP contribution in [-0.2, 0) is 24.7 Å². The first kappa shape index (κ1) is 26.0. The monoisotopic (exact) mass is 564 g/mol. The summed E-state index contributed by atoms with van der Waals surface area (Å²) in [6.07, 6.45) is 6.24. The van der Waals surface area contributed by atoms with Gasteiger partial charge in [-0.2, -0.15) is 0 Å². The van der Waals surface area contributed by atoms with Gasteiger partial charge in [0.2, 0.25) is 0 Å². The van der Waals surface area contributed by atoms with Gasteiger partial charge in [-0.3, -0.25) is 0 Å². The maximum absolute atomic E-state index is 12.2. The number of hydrogen-bond acceptors (Lipinski definition) is 7. The van der Waals surface area contributed by atoms with Crippen molar-refractivity contribution in [1.82, 2.24) is 0 Å². The van der Waals surface area contributed by atoms with Crippen LogP contribution in [0.15, 0.2) is 111 Å². The van der Waals surface area contributed by atoms with Gasteiger partial charge in [-0.1, -0.05) is 102 Å². The summed E-state index contributed by atoms with van der Waals surface area (Å²) in [5.41, 5.74) is 3.35. The summed E-state index contributed by atoms with van der Waals surface area (Å²) in [7, 11) is 2.59. The van der Waals surface area contributed by atoms with Crippen LogP contribution < -0.4 is 4.74 Å². The van der Waals surface area contributed by atoms with E-state index in [1.54, 1.807) is 0 Å². The molecule has 2 aliphatic rings. The minimum absolute atomic E-state index is 0.239. The summed E-state index contributed by atoms with van der Waals surface area (Å²) in [5.74, 6) is -0.300. The van der Waals surface area contributed by atoms with Crippen molar-refractivity contribution in [3.8, 4) is 5.75 Å². The van der Waals surface area contributed by atoms with Crippen LogP contribution in [0, 0.1) is 0 Å². The second-order valence-corrected chi connectivity index (χ2v) is 11.5. The number of carbonyl (C=O) groups is 2. The van der Waals surface area contributed by atoms with E-state index in [9.17, 15) is 9.59 Å². The van der Waals surface area contributed by atoms with Crippen LogP contribution in [0.4, 0.5) is 0 Å². The van der Waals surface area contributed by atoms with Crippen LogP contribution in [0.3, 0.4) is 0 Å². The predicted octanol–water partition coefficient (Wildman–Crippen LogP) is 7.53. The topological polar surface area (TPSA) is 61.8 Å². The van der Waals surface area contributed by atoms with Crippen molar-refractivity contribution >= 4 is 58.4 Å². The first-order chi connectivity index (χ1) is 19.5. The molecule has 0 saturated carbocycles. The fourth-order valence-corrected chi connectivity index (χ4v) is 7.32. The highest BCUT2D eigenvalue weighted by Gasteiger charge is 2.37. The average Bonchev–Trinajstić information content (AvgIpc) is 3.44. The number of esters is 2. The first-order valence-corrected chi connectivity index (χ1v) is 14.2. The zero-order chi connectivity index (χ0) is 27.7. The second kappa shape index (κ2) is 10.8. The summed E-state index contributed by atoms with van der Waals surface area (Å²) in [6.45, 7) is 0. The fourth-order valence-electron chi connectivity index (χ4n) is 4.92. The molecule has 0 atom stereocenters. The van der Waals surface area contributed by atoms with E-state index in [0.29, 0.717) is 0 Å². The molecule has 5 nitrogen and oxygen atoms in total. The van der Waals surface area contributed by atoms with Crippen LogP contribution in [-0.4, -0.2) is 26.2 Å². The van der Waals surface area contributed by atoms with Crippen molar-refractivity contribution in [2.75, 3.05) is 14.2 Å². The Kier molecular flexibility index (Phi) is 7.00. The Balaban J connectivity index is 1.35. The molecule has 40 heavy (non-hydrogen) atoms. The van der Waals surface area contributed by atoms with Gasteiger partial charge in [0.1, 0.15) is 15.6 Å². The molecule has 4 aromatic carbocycles. The van der Waals surface area contributed by atoms with Crippen LogP contribution in [0.1, 0.15) is 22.3 Å². The summed E-state index contributed by atoms with van der Waals surface area (Å²) in [5, 5.41) is 2.12. The van der Waals surface area contributed by atoms with E-state index in [1.165, 1.54) is 37.7 Å². The van der Waals surface area contributed by atoms with Gasteiger partial charge in [-0.15, -0.1) is 0 Å². The van der Waals surface area contributed by atoms with Gasteiger partial charge >= 0.3 is 11.9 Å². The maximum atomic E-state index is 12.2. The molecule has 198 valence electrons. The van der Waals surface area contributed by atoms with Crippen LogP contribution >= 0.6 is 23.5 Å². The third-order valence-corrected chi connectivity index (χ3v) is 9.26. The van der Waals surface area contributed by atoms with Crippen molar-refractivity contribution in [2.45, 2.75) is 5.60 Å². The zero-order valence-corrected chi connectivity index (χ0v) is 23.4. The van der Waals surface area contributed by atoms with Crippen molar-refractivity contribution in [1.29, 1.82) is 0 Å². The van der Waals surface area contributed by atoms with Crippen molar-refractivity contribution in [3.63, 3.8) is 0 Å². The lowest BCUT2D eigenvalue weighted by Crippen LogP contribution is -2.34. The smallest absolute Gasteiger partial charge is 0.346 e. The number of ether oxygens (including phenoxy) is 3. The third-order valence-electron chi connectivity index (χ3n) is 6.84. The van der Waals surface area contributed by atoms with E-state index in [4.69, 9.17) is 14.2 Å². The Hall–Kier alpha value is -4.20. The number of fused-ring (bicyclic) bond motifs is 3. The zero-order valence-electron chi connectivity index (χ0n) is 21.8. The number of thioether (sulfide) groups is 2. The van der Waals surface area contributed by atoms with Crippen LogP contribution in [0.2, 0.25) is 0 Å². The van der Waals surface area contributed by atoms with Crippen molar-refractivity contribution < 1.29 is 23.8 Å². The highest BCUT2D eigenvalue weighted by atomic mass is 32.2. The first-order valence-electron chi connectivity index (χ1n) is 12.6. The summed E-state index contributed by atoms with van der Waals surface area (Å²) >= 11 is 2.42. The molecule has 0 radical (unpaired) electrons. The molecule has 0 N–H and O–H groups in total. The van der Waals surface area contributed by atoms with Crippen LogP contribution in [0.5, 0.6) is 5.75 Å². The molecule has 0 bridgehead atoms. The van der Waals surface area contributed by atoms with E-state index >= 15 is 0 Å². The Labute approximate surface area is 240 Å². The van der Waals surface area contributed by atoms with Crippen molar-refractivity contribution in [2.24, 2.45) is 0 Å². The predicted molar refractivity (Wildman–Crippen MR) is 161 cm³/mol. The van der Waals surface area contributed by atoms with Gasteiger partial charge in [0.25, 0.3) is 0 Å². The lowest BCUT2D eigenvalue weighted by Gasteiger charge is -2.36. The number of hydrogen-bond donors (Lipinski definition) is 0. The standard InChI is InChI=1S/C33H24O5S2/c1-36-31(34)29-30(32(35)37-2)40-28(39-29)20-21-13-15-25-22(19-21)14-16-27-26(25)17-18-33(38-27,23-9-5-3-6-10-23)24-11-7-4-8-12-24/h3-20H,1-2H3. The molecule has 0 saturated heterocycles. The molecule has 7 heteroatoms. The molecular formula is C33H24O5S2. The normalized spacial score (nSPS) is 15.4. The fraction of sp³-hybridized carbons (Fsp3) is 0.0909. The Morgan fingerprint density at radius 3 is 1.95 bits per heavy atom. The highest BCUT2D eigenvalue weighted by Crippen LogP contribution is 2.51. The molecule has 0 spiro atoms. The molecule has 0 amide bonds. The largest absolute Gasteiger partial charge is 0.473 e. The summed E-state index contributed by atoms with van der Waals surface area (Å²) in [6, 6.07) is 30.8. The van der Waals surface area contributed by atoms with E-state index < -0.39 is 17.5 Å². The minimum Gasteiger partial charge on any atom is -0.473 e. The number of methoxy groups -OCH3 is 2. The Morgan fingerprint density at radius 1 is 0.775 bits per heavy atom. The summed E-state index contributed by atoms with van der Waals surface area (Å²) in [4.78, 5) is 24.9. The Bertz CT molecular complexity index is 1650. The molecule has 2 aliphatic heterocycles. The lowest BCUT2D eigenvalue weighted by molar-refractivity contribution is -0.138. The number of rotatable bonds is 5. The summed E-state index contributed by atoms with van der Waals surface area (Å²) < 4.78 is 17.3. The molecular weight excluding hydrogens is 540 g/mol. The number of benzene rings is 4. The molecule has 0 unspecified atom stereocenters. The molecule has 6 rings (SSSR count). The maximum Gasteiger partial charge on any atom is 0.346 e. The molecule has 0 fully saturated rings. The van der Waals surface area contributed by atoms with Gasteiger partial charge in [-0.05, 0) is 46.7 Å². The van der Waals surface area contributed by atoms with Gasteiger partial charge < -0.3 is 14.2 Å². The quantitative estimate of drug-likeness (QED) is 0.232. The second-order valence-electron chi connectivity index (χ2n) is 9.17. The Morgan fingerprint density at radius 2 is 1.38 bits per heavy atom. The molecule has 0 aromatic heterocycles.